The lowest BCUT2D eigenvalue weighted by molar-refractivity contribution is -0.122. The summed E-state index contributed by atoms with van der Waals surface area (Å²) in [6.45, 7) is 1.39. The van der Waals surface area contributed by atoms with Crippen LogP contribution in [0.5, 0.6) is 0 Å². The number of phosphoric ester groups is 1. The average molecular weight is 436 g/mol. The SMILES string of the molecule is CCCCCCCCC=CCCCCCCCC(=O)NC(CO)COP(=O)(O)O. The van der Waals surface area contributed by atoms with Gasteiger partial charge < -0.3 is 20.2 Å². The van der Waals surface area contributed by atoms with Crippen molar-refractivity contribution in [2.45, 2.75) is 103 Å². The normalized spacial score (nSPS) is 13.1. The molecule has 0 rings (SSSR count). The molecule has 0 fully saturated rings. The fraction of sp³-hybridized carbons (Fsp3) is 0.857. The molecule has 0 bridgehead atoms. The number of unbranched alkanes of at least 4 members (excludes halogenated alkanes) is 11. The molecule has 0 aliphatic heterocycles. The Kier molecular flexibility index (Phi) is 18.8. The fourth-order valence-electron chi connectivity index (χ4n) is 2.98. The first-order chi connectivity index (χ1) is 13.9. The van der Waals surface area contributed by atoms with Crippen molar-refractivity contribution in [1.82, 2.24) is 5.32 Å². The van der Waals surface area contributed by atoms with Gasteiger partial charge in [-0.05, 0) is 32.1 Å². The van der Waals surface area contributed by atoms with Crippen LogP contribution < -0.4 is 5.32 Å². The lowest BCUT2D eigenvalue weighted by Crippen LogP contribution is -2.40. The minimum Gasteiger partial charge on any atom is -0.394 e. The maximum Gasteiger partial charge on any atom is 0.469 e. The molecule has 0 heterocycles. The van der Waals surface area contributed by atoms with E-state index in [1.54, 1.807) is 0 Å². The number of hydrogen-bond acceptors (Lipinski definition) is 4. The van der Waals surface area contributed by atoms with E-state index in [2.05, 4.69) is 28.9 Å². The second-order valence-electron chi connectivity index (χ2n) is 7.57. The molecule has 1 atom stereocenters. The first-order valence-corrected chi connectivity index (χ1v) is 12.7. The third-order valence-electron chi connectivity index (χ3n) is 4.70. The molecule has 172 valence electrons. The van der Waals surface area contributed by atoms with Crippen molar-refractivity contribution in [3.8, 4) is 0 Å². The molecule has 1 amide bonds. The molecule has 1 unspecified atom stereocenters. The van der Waals surface area contributed by atoms with Crippen molar-refractivity contribution < 1.29 is 28.8 Å². The van der Waals surface area contributed by atoms with Gasteiger partial charge in [-0.1, -0.05) is 70.4 Å². The molecule has 0 aliphatic carbocycles. The van der Waals surface area contributed by atoms with Crippen LogP contribution in [0, 0.1) is 0 Å². The van der Waals surface area contributed by atoms with Gasteiger partial charge in [0.05, 0.1) is 19.3 Å². The maximum atomic E-state index is 11.8. The molecule has 29 heavy (non-hydrogen) atoms. The number of carbonyl (C=O) groups is 1. The van der Waals surface area contributed by atoms with Crippen molar-refractivity contribution in [2.24, 2.45) is 0 Å². The number of amides is 1. The Morgan fingerprint density at radius 1 is 0.931 bits per heavy atom. The Balaban J connectivity index is 3.49. The molecule has 0 spiro atoms. The zero-order chi connectivity index (χ0) is 21.8. The summed E-state index contributed by atoms with van der Waals surface area (Å²) < 4.78 is 14.9. The first kappa shape index (κ1) is 28.3. The van der Waals surface area contributed by atoms with Crippen molar-refractivity contribution in [1.29, 1.82) is 0 Å². The highest BCUT2D eigenvalue weighted by Crippen LogP contribution is 2.35. The van der Waals surface area contributed by atoms with E-state index in [0.717, 1.165) is 32.1 Å². The molecule has 0 aromatic heterocycles. The molecule has 0 saturated carbocycles. The molecule has 7 nitrogen and oxygen atoms in total. The molecule has 4 N–H and O–H groups in total. The predicted octanol–water partition coefficient (Wildman–Crippen LogP) is 4.61. The number of carbonyl (C=O) groups excluding carboxylic acids is 1. The summed E-state index contributed by atoms with van der Waals surface area (Å²) in [4.78, 5) is 29.1. The fourth-order valence-corrected chi connectivity index (χ4v) is 3.36. The molecule has 0 radical (unpaired) electrons. The number of phosphoric acid groups is 1. The first-order valence-electron chi connectivity index (χ1n) is 11.1. The Labute approximate surface area is 176 Å². The molecule has 0 aliphatic rings. The van der Waals surface area contributed by atoms with Crippen LogP contribution in [0.25, 0.3) is 0 Å². The van der Waals surface area contributed by atoms with Crippen LogP contribution >= 0.6 is 7.82 Å². The van der Waals surface area contributed by atoms with Gasteiger partial charge in [0.1, 0.15) is 0 Å². The number of rotatable bonds is 20. The highest BCUT2D eigenvalue weighted by atomic mass is 31.2. The topological polar surface area (TPSA) is 116 Å². The van der Waals surface area contributed by atoms with Crippen molar-refractivity contribution in [3.63, 3.8) is 0 Å². The van der Waals surface area contributed by atoms with Gasteiger partial charge in [0, 0.05) is 6.42 Å². The van der Waals surface area contributed by atoms with E-state index in [1.165, 1.54) is 51.4 Å². The lowest BCUT2D eigenvalue weighted by atomic mass is 10.1. The van der Waals surface area contributed by atoms with E-state index in [1.807, 2.05) is 0 Å². The smallest absolute Gasteiger partial charge is 0.394 e. The van der Waals surface area contributed by atoms with Gasteiger partial charge in [0.25, 0.3) is 0 Å². The summed E-state index contributed by atoms with van der Waals surface area (Å²) in [5, 5.41) is 11.6. The predicted molar refractivity (Wildman–Crippen MR) is 116 cm³/mol. The standard InChI is InChI=1S/C21H42NO6P/c1-2-3-4-5-6-7-8-9-10-11-12-13-14-15-16-17-21(24)22-20(18-23)19-28-29(25,26)27/h9-10,20,23H,2-8,11-19H2,1H3,(H,22,24)(H2,25,26,27). The zero-order valence-corrected chi connectivity index (χ0v) is 19.0. The van der Waals surface area contributed by atoms with E-state index in [4.69, 9.17) is 14.9 Å². The molecule has 8 heteroatoms. The van der Waals surface area contributed by atoms with Crippen molar-refractivity contribution in [2.75, 3.05) is 13.2 Å². The number of nitrogens with one attached hydrogen (secondary N) is 1. The van der Waals surface area contributed by atoms with Crippen LogP contribution in [0.4, 0.5) is 0 Å². The van der Waals surface area contributed by atoms with E-state index < -0.39 is 27.1 Å². The van der Waals surface area contributed by atoms with Gasteiger partial charge in [-0.15, -0.1) is 0 Å². The van der Waals surface area contributed by atoms with Crippen LogP contribution in [0.15, 0.2) is 12.2 Å². The van der Waals surface area contributed by atoms with Gasteiger partial charge in [-0.3, -0.25) is 9.32 Å². The Hall–Kier alpha value is -0.720. The highest BCUT2D eigenvalue weighted by Gasteiger charge is 2.19. The van der Waals surface area contributed by atoms with Crippen LogP contribution in [0.1, 0.15) is 96.8 Å². The van der Waals surface area contributed by atoms with E-state index in [0.29, 0.717) is 6.42 Å². The number of hydrogen-bond donors (Lipinski definition) is 4. The third-order valence-corrected chi connectivity index (χ3v) is 5.18. The van der Waals surface area contributed by atoms with E-state index in [9.17, 15) is 9.36 Å². The summed E-state index contributed by atoms with van der Waals surface area (Å²) in [5.74, 6) is -0.240. The molecule has 0 saturated heterocycles. The van der Waals surface area contributed by atoms with Gasteiger partial charge in [-0.2, -0.15) is 0 Å². The van der Waals surface area contributed by atoms with Gasteiger partial charge in [-0.25, -0.2) is 4.57 Å². The quantitative estimate of drug-likeness (QED) is 0.126. The summed E-state index contributed by atoms with van der Waals surface area (Å²) in [7, 11) is -4.60. The summed E-state index contributed by atoms with van der Waals surface area (Å²) in [5.41, 5.74) is 0. The number of allylic oxidation sites excluding steroid dienone is 2. The zero-order valence-electron chi connectivity index (χ0n) is 18.1. The van der Waals surface area contributed by atoms with E-state index in [-0.39, 0.29) is 5.91 Å². The average Bonchev–Trinajstić information content (AvgIpc) is 2.67. The monoisotopic (exact) mass is 435 g/mol. The number of aliphatic hydroxyl groups excluding tert-OH is 1. The number of aliphatic hydroxyl groups is 1. The lowest BCUT2D eigenvalue weighted by Gasteiger charge is -2.16. The van der Waals surface area contributed by atoms with Crippen molar-refractivity contribution in [3.05, 3.63) is 12.2 Å². The van der Waals surface area contributed by atoms with Crippen molar-refractivity contribution >= 4 is 13.7 Å². The second-order valence-corrected chi connectivity index (χ2v) is 8.81. The molecule has 0 aromatic carbocycles. The Morgan fingerprint density at radius 2 is 1.45 bits per heavy atom. The summed E-state index contributed by atoms with van der Waals surface area (Å²) in [6.07, 6.45) is 20.4. The summed E-state index contributed by atoms with van der Waals surface area (Å²) in [6, 6.07) is -0.807. The Bertz CT molecular complexity index is 466. The van der Waals surface area contributed by atoms with Crippen LogP contribution in [0.2, 0.25) is 0 Å². The molecule has 0 aromatic rings. The minimum absolute atomic E-state index is 0.240. The summed E-state index contributed by atoms with van der Waals surface area (Å²) >= 11 is 0. The van der Waals surface area contributed by atoms with Gasteiger partial charge >= 0.3 is 7.82 Å². The van der Waals surface area contributed by atoms with Crippen LogP contribution in [0.3, 0.4) is 0 Å². The molecular weight excluding hydrogens is 393 g/mol. The van der Waals surface area contributed by atoms with Gasteiger partial charge in [0.15, 0.2) is 0 Å². The Morgan fingerprint density at radius 3 is 1.97 bits per heavy atom. The maximum absolute atomic E-state index is 11.8. The van der Waals surface area contributed by atoms with Crippen LogP contribution in [-0.4, -0.2) is 40.1 Å². The van der Waals surface area contributed by atoms with E-state index >= 15 is 0 Å². The highest BCUT2D eigenvalue weighted by molar-refractivity contribution is 7.46. The molecular formula is C21H42NO6P. The van der Waals surface area contributed by atoms with Gasteiger partial charge in [0.2, 0.25) is 5.91 Å². The van der Waals surface area contributed by atoms with Crippen LogP contribution in [-0.2, 0) is 13.9 Å². The minimum atomic E-state index is -4.60. The second kappa shape index (κ2) is 19.3. The third kappa shape index (κ3) is 21.8. The largest absolute Gasteiger partial charge is 0.469 e.